The Labute approximate surface area is 200 Å². The monoisotopic (exact) mass is 517 g/mol. The molecule has 176 valence electrons. The summed E-state index contributed by atoms with van der Waals surface area (Å²) >= 11 is 3.58. The van der Waals surface area contributed by atoms with Crippen LogP contribution >= 0.6 is 15.9 Å². The van der Waals surface area contributed by atoms with E-state index in [1.165, 1.54) is 17.7 Å². The van der Waals surface area contributed by atoms with Crippen LogP contribution in [0.4, 0.5) is 4.39 Å². The van der Waals surface area contributed by atoms with E-state index in [1.807, 2.05) is 6.07 Å². The van der Waals surface area contributed by atoms with Crippen LogP contribution in [-0.4, -0.2) is 46.3 Å². The molecule has 1 fully saturated rings. The highest BCUT2D eigenvalue weighted by atomic mass is 79.9. The average molecular weight is 518 g/mol. The largest absolute Gasteiger partial charge is 0.490 e. The molecule has 0 spiro atoms. The van der Waals surface area contributed by atoms with Crippen LogP contribution in [-0.2, 0) is 6.42 Å². The van der Waals surface area contributed by atoms with E-state index in [0.717, 1.165) is 66.8 Å². The maximum Gasteiger partial charge on any atom is 0.326 e. The molecule has 3 heterocycles. The van der Waals surface area contributed by atoms with Crippen molar-refractivity contribution in [2.24, 2.45) is 0 Å². The molecule has 1 saturated heterocycles. The third-order valence-electron chi connectivity index (χ3n) is 6.57. The Bertz CT molecular complexity index is 1230. The van der Waals surface area contributed by atoms with Gasteiger partial charge in [0.1, 0.15) is 11.4 Å². The number of hydrogen-bond donors (Lipinski definition) is 1. The van der Waals surface area contributed by atoms with E-state index < -0.39 is 0 Å². The number of likely N-dealkylation sites (tertiary alicyclic amines) is 1. The quantitative estimate of drug-likeness (QED) is 0.464. The number of ether oxygens (including phenoxy) is 2. The number of H-pyrrole nitrogens is 1. The summed E-state index contributed by atoms with van der Waals surface area (Å²) in [5, 5.41) is 0. The van der Waals surface area contributed by atoms with Crippen LogP contribution in [0.15, 0.2) is 39.6 Å². The van der Waals surface area contributed by atoms with Crippen molar-refractivity contribution in [3.8, 4) is 11.5 Å². The Morgan fingerprint density at radius 1 is 1.24 bits per heavy atom. The minimum atomic E-state index is -0.337. The lowest BCUT2D eigenvalue weighted by molar-refractivity contribution is 0.130. The van der Waals surface area contributed by atoms with E-state index in [9.17, 15) is 9.18 Å². The van der Waals surface area contributed by atoms with E-state index in [2.05, 4.69) is 45.7 Å². The number of fused-ring (bicyclic) bond motifs is 2. The summed E-state index contributed by atoms with van der Waals surface area (Å²) in [5.41, 5.74) is 2.16. The molecule has 0 bridgehead atoms. The molecule has 8 heteroatoms. The molecular weight excluding hydrogens is 489 g/mol. The van der Waals surface area contributed by atoms with Crippen LogP contribution in [0, 0.1) is 5.82 Å². The van der Waals surface area contributed by atoms with Gasteiger partial charge >= 0.3 is 5.69 Å². The zero-order chi connectivity index (χ0) is 23.2. The summed E-state index contributed by atoms with van der Waals surface area (Å²) in [7, 11) is 0. The average Bonchev–Trinajstić information content (AvgIpc) is 3.25. The highest BCUT2D eigenvalue weighted by Crippen LogP contribution is 2.43. The van der Waals surface area contributed by atoms with Gasteiger partial charge in [0.25, 0.3) is 0 Å². The Hall–Kier alpha value is -2.32. The van der Waals surface area contributed by atoms with Gasteiger partial charge in [0.15, 0.2) is 11.5 Å². The second-order valence-corrected chi connectivity index (χ2v) is 10.6. The summed E-state index contributed by atoms with van der Waals surface area (Å²) in [4.78, 5) is 17.7. The molecule has 3 aromatic rings. The molecule has 0 amide bonds. The second-order valence-electron chi connectivity index (χ2n) is 9.67. The van der Waals surface area contributed by atoms with Gasteiger partial charge in [0.05, 0.1) is 17.6 Å². The summed E-state index contributed by atoms with van der Waals surface area (Å²) in [5.74, 6) is 1.34. The number of imidazole rings is 1. The van der Waals surface area contributed by atoms with Crippen LogP contribution in [0.3, 0.4) is 0 Å². The van der Waals surface area contributed by atoms with Crippen LogP contribution in [0.2, 0.25) is 0 Å². The first-order chi connectivity index (χ1) is 15.8. The van der Waals surface area contributed by atoms with Gasteiger partial charge in [-0.2, -0.15) is 0 Å². The van der Waals surface area contributed by atoms with Gasteiger partial charge in [-0.3, -0.25) is 4.57 Å². The lowest BCUT2D eigenvalue weighted by atomic mass is 10.0. The van der Waals surface area contributed by atoms with Crippen LogP contribution in [0.25, 0.3) is 11.0 Å². The minimum absolute atomic E-state index is 0.133. The van der Waals surface area contributed by atoms with Crippen molar-refractivity contribution in [3.63, 3.8) is 0 Å². The Kier molecular flexibility index (Phi) is 5.99. The van der Waals surface area contributed by atoms with E-state index in [1.54, 1.807) is 10.6 Å². The molecule has 5 rings (SSSR count). The fraction of sp³-hybridized carbons (Fsp3) is 0.480. The smallest absolute Gasteiger partial charge is 0.326 e. The van der Waals surface area contributed by atoms with Crippen LogP contribution in [0.1, 0.15) is 44.7 Å². The molecule has 2 aliphatic heterocycles. The third-order valence-corrected chi connectivity index (χ3v) is 7.03. The predicted octanol–water partition coefficient (Wildman–Crippen LogP) is 5.05. The number of piperidine rings is 1. The summed E-state index contributed by atoms with van der Waals surface area (Å²) in [6, 6.07) is 8.71. The molecule has 6 nitrogen and oxygen atoms in total. The fourth-order valence-corrected chi connectivity index (χ4v) is 5.57. The number of aromatic amines is 1. The molecule has 2 aliphatic rings. The summed E-state index contributed by atoms with van der Waals surface area (Å²) in [6.45, 7) is 7.61. The highest BCUT2D eigenvalue weighted by molar-refractivity contribution is 9.10. The van der Waals surface area contributed by atoms with Gasteiger partial charge in [-0.15, -0.1) is 0 Å². The van der Waals surface area contributed by atoms with E-state index >= 15 is 0 Å². The number of benzene rings is 2. The first kappa shape index (κ1) is 22.5. The van der Waals surface area contributed by atoms with Crippen molar-refractivity contribution in [2.75, 3.05) is 26.2 Å². The maximum atomic E-state index is 13.5. The molecule has 1 aromatic heterocycles. The zero-order valence-corrected chi connectivity index (χ0v) is 20.6. The van der Waals surface area contributed by atoms with Gasteiger partial charge < -0.3 is 19.4 Å². The Balaban J connectivity index is 1.13. The van der Waals surface area contributed by atoms with E-state index in [4.69, 9.17) is 9.47 Å². The minimum Gasteiger partial charge on any atom is -0.490 e. The van der Waals surface area contributed by atoms with Crippen molar-refractivity contribution in [1.29, 1.82) is 0 Å². The molecule has 33 heavy (non-hydrogen) atoms. The molecular formula is C25H29BrFN3O3. The Morgan fingerprint density at radius 2 is 2.03 bits per heavy atom. The number of aromatic nitrogens is 2. The van der Waals surface area contributed by atoms with E-state index in [0.29, 0.717) is 12.1 Å². The van der Waals surface area contributed by atoms with Crippen molar-refractivity contribution in [1.82, 2.24) is 14.5 Å². The number of hydrogen-bond acceptors (Lipinski definition) is 4. The molecule has 0 saturated carbocycles. The molecule has 2 aromatic carbocycles. The van der Waals surface area contributed by atoms with Gasteiger partial charge in [-0.1, -0.05) is 15.9 Å². The second kappa shape index (κ2) is 8.80. The first-order valence-corrected chi connectivity index (χ1v) is 12.3. The number of halogens is 2. The molecule has 1 N–H and O–H groups in total. The van der Waals surface area contributed by atoms with Gasteiger partial charge in [-0.05, 0) is 63.4 Å². The number of nitrogens with zero attached hydrogens (tertiary/aromatic N) is 2. The van der Waals surface area contributed by atoms with Crippen LogP contribution < -0.4 is 15.2 Å². The zero-order valence-electron chi connectivity index (χ0n) is 19.0. The molecule has 0 radical (unpaired) electrons. The lowest BCUT2D eigenvalue weighted by Gasteiger charge is -2.32. The van der Waals surface area contributed by atoms with Crippen molar-refractivity contribution >= 4 is 27.0 Å². The Morgan fingerprint density at radius 3 is 2.82 bits per heavy atom. The summed E-state index contributed by atoms with van der Waals surface area (Å²) in [6.07, 6.45) is 3.59. The van der Waals surface area contributed by atoms with Crippen molar-refractivity contribution in [3.05, 3.63) is 56.7 Å². The van der Waals surface area contributed by atoms with Gasteiger partial charge in [-0.25, -0.2) is 9.18 Å². The first-order valence-electron chi connectivity index (χ1n) is 11.6. The standard InChI is InChI=1S/C25H29BrFN3O3/c1-25(2)15-16-12-17(26)13-22(23(16)33-25)32-11-3-8-29-9-6-19(7-10-29)30-21-5-4-18(27)14-20(21)28-24(30)31/h4-5,12-14,19H,3,6-11,15H2,1-2H3,(H,28,31). The fourth-order valence-electron chi connectivity index (χ4n) is 5.09. The molecule has 0 atom stereocenters. The lowest BCUT2D eigenvalue weighted by Crippen LogP contribution is -2.37. The SMILES string of the molecule is CC1(C)Cc2cc(Br)cc(OCCCN3CCC(n4c(=O)[nH]c5cc(F)ccc54)CC3)c2O1. The molecule has 0 unspecified atom stereocenters. The predicted molar refractivity (Wildman–Crippen MR) is 130 cm³/mol. The number of nitrogens with one attached hydrogen (secondary N) is 1. The summed E-state index contributed by atoms with van der Waals surface area (Å²) < 4.78 is 28.5. The van der Waals surface area contributed by atoms with Gasteiger partial charge in [0.2, 0.25) is 0 Å². The van der Waals surface area contributed by atoms with E-state index in [-0.39, 0.29) is 23.1 Å². The maximum absolute atomic E-state index is 13.5. The van der Waals surface area contributed by atoms with Crippen LogP contribution in [0.5, 0.6) is 11.5 Å². The van der Waals surface area contributed by atoms with Gasteiger partial charge in [0, 0.05) is 42.1 Å². The number of rotatable bonds is 6. The normalized spacial score (nSPS) is 18.4. The van der Waals surface area contributed by atoms with Crippen molar-refractivity contribution in [2.45, 2.75) is 51.2 Å². The highest BCUT2D eigenvalue weighted by Gasteiger charge is 2.33. The third kappa shape index (κ3) is 4.68. The molecule has 0 aliphatic carbocycles. The van der Waals surface area contributed by atoms with Crippen molar-refractivity contribution < 1.29 is 13.9 Å². The topological polar surface area (TPSA) is 59.5 Å².